The molecule has 0 radical (unpaired) electrons. The second-order valence-corrected chi connectivity index (χ2v) is 10.6. The molecule has 1 N–H and O–H groups in total. The summed E-state index contributed by atoms with van der Waals surface area (Å²) in [4.78, 5) is 10.8. The van der Waals surface area contributed by atoms with E-state index in [9.17, 15) is 9.90 Å². The molecule has 0 aliphatic heterocycles. The standard InChI is InChI=1S/C25H36O2/c1-17(6-5-15-26)20-9-10-21-19-8-7-18-16-23(2,27)13-14-24(18,3)22(19)11-12-25(20,21)4/h5-7,9,15,17,19,21-22,27H,8,10-14,16H2,1-4H3/b6-5+/t17-,19+,21+,22+,23+,24?,25-/m1/s1. The van der Waals surface area contributed by atoms with Crippen LogP contribution in [0.5, 0.6) is 0 Å². The summed E-state index contributed by atoms with van der Waals surface area (Å²) >= 11 is 0. The summed E-state index contributed by atoms with van der Waals surface area (Å²) in [6.45, 7) is 9.24. The zero-order chi connectivity index (χ0) is 19.4. The number of fused-ring (bicyclic) bond motifs is 5. The monoisotopic (exact) mass is 368 g/mol. The van der Waals surface area contributed by atoms with Gasteiger partial charge >= 0.3 is 0 Å². The smallest absolute Gasteiger partial charge is 0.142 e. The third kappa shape index (κ3) is 2.90. The summed E-state index contributed by atoms with van der Waals surface area (Å²) in [7, 11) is 0. The molecule has 148 valence electrons. The third-order valence-corrected chi connectivity index (χ3v) is 8.99. The second kappa shape index (κ2) is 6.44. The Morgan fingerprint density at radius 3 is 2.59 bits per heavy atom. The van der Waals surface area contributed by atoms with Crippen LogP contribution in [-0.2, 0) is 4.79 Å². The largest absolute Gasteiger partial charge is 0.390 e. The summed E-state index contributed by atoms with van der Waals surface area (Å²) in [6.07, 6.45) is 17.5. The normalized spacial score (nSPS) is 47.5. The van der Waals surface area contributed by atoms with Crippen LogP contribution >= 0.6 is 0 Å². The zero-order valence-electron chi connectivity index (χ0n) is 17.5. The highest BCUT2D eigenvalue weighted by Gasteiger charge is 2.57. The van der Waals surface area contributed by atoms with Crippen molar-refractivity contribution in [2.24, 2.45) is 34.5 Å². The van der Waals surface area contributed by atoms with Crippen LogP contribution in [0.15, 0.2) is 35.5 Å². The summed E-state index contributed by atoms with van der Waals surface area (Å²) in [5.74, 6) is 2.61. The molecule has 0 amide bonds. The Morgan fingerprint density at radius 2 is 1.85 bits per heavy atom. The Morgan fingerprint density at radius 1 is 1.07 bits per heavy atom. The maximum atomic E-state index is 10.8. The van der Waals surface area contributed by atoms with E-state index in [1.54, 1.807) is 11.6 Å². The molecule has 0 heterocycles. The Labute approximate surface area is 164 Å². The maximum absolute atomic E-state index is 10.8. The van der Waals surface area contributed by atoms with Crippen LogP contribution in [-0.4, -0.2) is 17.0 Å². The highest BCUT2D eigenvalue weighted by Crippen LogP contribution is 2.66. The molecule has 4 rings (SSSR count). The minimum Gasteiger partial charge on any atom is -0.390 e. The lowest BCUT2D eigenvalue weighted by atomic mass is 9.46. The minimum atomic E-state index is -0.510. The zero-order valence-corrected chi connectivity index (χ0v) is 17.5. The molecule has 0 saturated heterocycles. The number of carbonyl (C=O) groups excluding carboxylic acids is 1. The maximum Gasteiger partial charge on any atom is 0.142 e. The minimum absolute atomic E-state index is 0.287. The highest BCUT2D eigenvalue weighted by atomic mass is 16.3. The molecule has 2 fully saturated rings. The van der Waals surface area contributed by atoms with Gasteiger partial charge in [-0.25, -0.2) is 0 Å². The molecule has 0 aromatic heterocycles. The van der Waals surface area contributed by atoms with E-state index < -0.39 is 5.60 Å². The van der Waals surface area contributed by atoms with Crippen LogP contribution in [0.3, 0.4) is 0 Å². The van der Waals surface area contributed by atoms with E-state index in [0.717, 1.165) is 43.3 Å². The van der Waals surface area contributed by atoms with Gasteiger partial charge in [0, 0.05) is 0 Å². The van der Waals surface area contributed by atoms with Crippen LogP contribution < -0.4 is 0 Å². The Bertz CT molecular complexity index is 712. The summed E-state index contributed by atoms with van der Waals surface area (Å²) in [5, 5.41) is 10.6. The lowest BCUT2D eigenvalue weighted by Crippen LogP contribution is -2.51. The van der Waals surface area contributed by atoms with Gasteiger partial charge in [0.25, 0.3) is 0 Å². The molecular formula is C25H36O2. The van der Waals surface area contributed by atoms with Gasteiger partial charge in [-0.15, -0.1) is 0 Å². The number of aldehydes is 1. The van der Waals surface area contributed by atoms with Crippen molar-refractivity contribution >= 4 is 6.29 Å². The van der Waals surface area contributed by atoms with E-state index in [1.807, 2.05) is 6.92 Å². The molecule has 4 aliphatic rings. The number of rotatable bonds is 3. The van der Waals surface area contributed by atoms with E-state index in [1.165, 1.54) is 31.3 Å². The molecule has 27 heavy (non-hydrogen) atoms. The molecule has 0 aromatic rings. The summed E-state index contributed by atoms with van der Waals surface area (Å²) in [5.41, 5.74) is 3.17. The van der Waals surface area contributed by atoms with Crippen molar-refractivity contribution in [1.82, 2.24) is 0 Å². The van der Waals surface area contributed by atoms with Crippen molar-refractivity contribution in [3.8, 4) is 0 Å². The van der Waals surface area contributed by atoms with Crippen molar-refractivity contribution in [2.75, 3.05) is 0 Å². The Hall–Kier alpha value is -1.15. The van der Waals surface area contributed by atoms with Crippen molar-refractivity contribution in [2.45, 2.75) is 78.2 Å². The number of aliphatic hydroxyl groups is 1. The predicted molar refractivity (Wildman–Crippen MR) is 110 cm³/mol. The number of allylic oxidation sites excluding steroid dienone is 5. The van der Waals surface area contributed by atoms with Crippen LogP contribution in [0.2, 0.25) is 0 Å². The molecule has 2 saturated carbocycles. The van der Waals surface area contributed by atoms with Crippen LogP contribution in [0.1, 0.15) is 72.6 Å². The fraction of sp³-hybridized carbons (Fsp3) is 0.720. The Kier molecular flexibility index (Phi) is 4.57. The Balaban J connectivity index is 1.61. The van der Waals surface area contributed by atoms with Crippen LogP contribution in [0.4, 0.5) is 0 Å². The summed E-state index contributed by atoms with van der Waals surface area (Å²) < 4.78 is 0. The van der Waals surface area contributed by atoms with E-state index in [-0.39, 0.29) is 10.8 Å². The molecule has 2 nitrogen and oxygen atoms in total. The van der Waals surface area contributed by atoms with Gasteiger partial charge in [0.2, 0.25) is 0 Å². The molecule has 7 atom stereocenters. The van der Waals surface area contributed by atoms with Gasteiger partial charge < -0.3 is 5.11 Å². The average molecular weight is 369 g/mol. The van der Waals surface area contributed by atoms with E-state index in [0.29, 0.717) is 5.92 Å². The third-order valence-electron chi connectivity index (χ3n) is 8.99. The molecule has 0 bridgehead atoms. The van der Waals surface area contributed by atoms with Crippen molar-refractivity contribution in [3.63, 3.8) is 0 Å². The van der Waals surface area contributed by atoms with Crippen molar-refractivity contribution in [3.05, 3.63) is 35.5 Å². The average Bonchev–Trinajstić information content (AvgIpc) is 2.97. The van der Waals surface area contributed by atoms with Crippen LogP contribution in [0, 0.1) is 34.5 Å². The summed E-state index contributed by atoms with van der Waals surface area (Å²) in [6, 6.07) is 0. The number of hydrogen-bond donors (Lipinski definition) is 1. The number of hydrogen-bond acceptors (Lipinski definition) is 2. The predicted octanol–water partition coefficient (Wildman–Crippen LogP) is 5.63. The molecule has 4 aliphatic carbocycles. The van der Waals surface area contributed by atoms with Crippen LogP contribution in [0.25, 0.3) is 0 Å². The van der Waals surface area contributed by atoms with Gasteiger partial charge in [-0.1, -0.05) is 50.1 Å². The van der Waals surface area contributed by atoms with Gasteiger partial charge in [0.1, 0.15) is 6.29 Å². The van der Waals surface area contributed by atoms with Gasteiger partial charge in [0.05, 0.1) is 5.60 Å². The fourth-order valence-corrected chi connectivity index (χ4v) is 7.43. The first-order valence-electron chi connectivity index (χ1n) is 11.0. The van der Waals surface area contributed by atoms with Gasteiger partial charge in [-0.05, 0) is 92.4 Å². The first-order chi connectivity index (χ1) is 12.7. The van der Waals surface area contributed by atoms with Crippen molar-refractivity contribution < 1.29 is 9.90 Å². The molecular weight excluding hydrogens is 332 g/mol. The quantitative estimate of drug-likeness (QED) is 0.398. The number of carbonyl (C=O) groups is 1. The topological polar surface area (TPSA) is 37.3 Å². The van der Waals surface area contributed by atoms with Crippen molar-refractivity contribution in [1.29, 1.82) is 0 Å². The van der Waals surface area contributed by atoms with E-state index >= 15 is 0 Å². The lowest BCUT2D eigenvalue weighted by molar-refractivity contribution is -0.104. The first-order valence-corrected chi connectivity index (χ1v) is 11.0. The SMILES string of the molecule is C[C@H](/C=C/C=O)C1=CC[C@H]2[C@@H]3CC=C4C[C@@](C)(O)CCC4(C)[C@H]3CC[C@]12C. The fourth-order valence-electron chi connectivity index (χ4n) is 7.43. The van der Waals surface area contributed by atoms with E-state index in [4.69, 9.17) is 0 Å². The lowest BCUT2D eigenvalue weighted by Gasteiger charge is -2.58. The first kappa shape index (κ1) is 19.2. The molecule has 0 aromatic carbocycles. The van der Waals surface area contributed by atoms with Gasteiger partial charge in [-0.3, -0.25) is 4.79 Å². The highest BCUT2D eigenvalue weighted by molar-refractivity contribution is 5.64. The van der Waals surface area contributed by atoms with Gasteiger partial charge in [0.15, 0.2) is 0 Å². The molecule has 2 heteroatoms. The molecule has 0 spiro atoms. The second-order valence-electron chi connectivity index (χ2n) is 10.6. The molecule has 1 unspecified atom stereocenters. The van der Waals surface area contributed by atoms with Gasteiger partial charge in [-0.2, -0.15) is 0 Å². The van der Waals surface area contributed by atoms with E-state index in [2.05, 4.69) is 39.0 Å².